The smallest absolute Gasteiger partial charge is 0.417 e. The second-order valence-electron chi connectivity index (χ2n) is 23.8. The number of hydrogen-bond donors (Lipinski definition) is 0. The normalized spacial score (nSPS) is 44.9. The van der Waals surface area contributed by atoms with Gasteiger partial charge in [0.05, 0.1) is 0 Å². The Balaban J connectivity index is 1.23. The van der Waals surface area contributed by atoms with Gasteiger partial charge in [-0.25, -0.2) is 0 Å². The highest BCUT2D eigenvalue weighted by Gasteiger charge is 2.87. The standard InChI is InChI=1S/C45H86O11Si8/c1-57(2,3)46-58(39-25-11-4-12-26-39)47-59(40-27-13-5-14-28-40)49-61(42-31-17-7-18-32-42)50-60(48-58,41-29-15-6-16-30-41)52-63(44-35-21-9-22-36-44)54-62(51-59,43-33-19-8-20-34-43)55-64(53-61,56-63)45-37-23-10-24-38-45/h39-45H,4-38H2,1-3H3. The van der Waals surface area contributed by atoms with E-state index in [1.807, 2.05) is 0 Å². The minimum atomic E-state index is -3.95. The van der Waals surface area contributed by atoms with Crippen LogP contribution in [0.15, 0.2) is 0 Å². The van der Waals surface area contributed by atoms with Gasteiger partial charge in [-0.1, -0.05) is 135 Å². The van der Waals surface area contributed by atoms with Gasteiger partial charge in [-0.3, -0.25) is 0 Å². The Morgan fingerprint density at radius 3 is 0.609 bits per heavy atom. The largest absolute Gasteiger partial charge is 0.482 e. The van der Waals surface area contributed by atoms with Gasteiger partial charge >= 0.3 is 61.6 Å². The highest BCUT2D eigenvalue weighted by molar-refractivity contribution is 7.03. The molecule has 7 saturated carbocycles. The van der Waals surface area contributed by atoms with Crippen molar-refractivity contribution in [2.24, 2.45) is 0 Å². The van der Waals surface area contributed by atoms with Crippen molar-refractivity contribution < 1.29 is 45.3 Å². The van der Waals surface area contributed by atoms with Crippen molar-refractivity contribution in [2.75, 3.05) is 0 Å². The third-order valence-electron chi connectivity index (χ3n) is 18.0. The first kappa shape index (κ1) is 47.6. The molecule has 4 unspecified atom stereocenters. The molecule has 4 aliphatic heterocycles. The molecule has 4 atom stereocenters. The minimum Gasteiger partial charge on any atom is -0.417 e. The molecular weight excluding hydrogens is 941 g/mol. The monoisotopic (exact) mass is 1030 g/mol. The van der Waals surface area contributed by atoms with Crippen LogP contribution < -0.4 is 0 Å². The Kier molecular flexibility index (Phi) is 14.2. The lowest BCUT2D eigenvalue weighted by molar-refractivity contribution is -0.0431. The molecule has 11 nitrogen and oxygen atoms in total. The summed E-state index contributed by atoms with van der Waals surface area (Å²) < 4.78 is 93.8. The van der Waals surface area contributed by atoms with Gasteiger partial charge < -0.3 is 45.3 Å². The van der Waals surface area contributed by atoms with Gasteiger partial charge in [0.15, 0.2) is 8.32 Å². The van der Waals surface area contributed by atoms with Gasteiger partial charge in [0, 0.05) is 38.8 Å². The first-order valence-electron chi connectivity index (χ1n) is 27.7. The van der Waals surface area contributed by atoms with Crippen LogP contribution in [0.4, 0.5) is 0 Å². The molecule has 4 saturated heterocycles. The molecule has 0 radical (unpaired) electrons. The highest BCUT2D eigenvalue weighted by atomic mass is 28.6. The van der Waals surface area contributed by atoms with Crippen LogP contribution in [0.25, 0.3) is 0 Å². The molecule has 364 valence electrons. The number of fused-ring (bicyclic) bond motifs is 4. The van der Waals surface area contributed by atoms with Crippen LogP contribution >= 0.6 is 0 Å². The van der Waals surface area contributed by atoms with E-state index in [2.05, 4.69) is 19.6 Å². The van der Waals surface area contributed by atoms with Crippen LogP contribution in [0.5, 0.6) is 0 Å². The fourth-order valence-electron chi connectivity index (χ4n) is 14.8. The Morgan fingerprint density at radius 2 is 0.422 bits per heavy atom. The number of hydrogen-bond acceptors (Lipinski definition) is 11. The summed E-state index contributed by atoms with van der Waals surface area (Å²) in [7, 11) is -29.3. The van der Waals surface area contributed by atoms with E-state index < -0.39 is 69.9 Å². The summed E-state index contributed by atoms with van der Waals surface area (Å²) >= 11 is 0. The van der Waals surface area contributed by atoms with E-state index in [9.17, 15) is 0 Å². The van der Waals surface area contributed by atoms with Crippen LogP contribution in [-0.2, 0) is 45.3 Å². The van der Waals surface area contributed by atoms with E-state index in [1.54, 1.807) is 0 Å². The van der Waals surface area contributed by atoms with Crippen molar-refractivity contribution >= 4 is 69.9 Å². The SMILES string of the molecule is C[Si](C)(C)O[Si]1(C2CCCCC2)O[Si]2(C3CCCCC3)O[Si]3(C4CCCCC4)O[Si](C4CCCCC4)(O1)O[Si]1(C4CCCCC4)O[Si](C4CCCCC4)(O2)O[Si](C2CCCCC2)(O3)O1. The van der Waals surface area contributed by atoms with E-state index in [1.165, 1.54) is 83.5 Å². The zero-order chi connectivity index (χ0) is 43.6. The molecule has 0 aromatic rings. The van der Waals surface area contributed by atoms with E-state index in [0.717, 1.165) is 141 Å². The maximum atomic E-state index is 8.68. The summed E-state index contributed by atoms with van der Waals surface area (Å²) in [6, 6.07) is 0. The van der Waals surface area contributed by atoms with Gasteiger partial charge in [0.2, 0.25) is 0 Å². The Hall–Kier alpha value is 1.30. The maximum Gasteiger partial charge on any atom is 0.482 e. The summed E-state index contributed by atoms with van der Waals surface area (Å²) in [5.74, 6) is 0. The van der Waals surface area contributed by atoms with Crippen LogP contribution in [0.1, 0.15) is 225 Å². The Bertz CT molecular complexity index is 1510. The van der Waals surface area contributed by atoms with Crippen molar-refractivity contribution in [1.29, 1.82) is 0 Å². The molecule has 11 aliphatic rings. The predicted molar refractivity (Wildman–Crippen MR) is 263 cm³/mol. The quantitative estimate of drug-likeness (QED) is 0.206. The summed E-state index contributed by atoms with van der Waals surface area (Å²) in [6.07, 6.45) is 39.5. The maximum absolute atomic E-state index is 8.68. The molecule has 6 bridgehead atoms. The van der Waals surface area contributed by atoms with Crippen molar-refractivity contribution in [3.63, 3.8) is 0 Å². The lowest BCUT2D eigenvalue weighted by atomic mass is 10.0. The van der Waals surface area contributed by atoms with Gasteiger partial charge in [-0.2, -0.15) is 0 Å². The third kappa shape index (κ3) is 8.99. The zero-order valence-electron chi connectivity index (χ0n) is 40.3. The van der Waals surface area contributed by atoms with Crippen molar-refractivity contribution in [2.45, 2.75) is 283 Å². The van der Waals surface area contributed by atoms with E-state index in [-0.39, 0.29) is 38.8 Å². The predicted octanol–water partition coefficient (Wildman–Crippen LogP) is 14.0. The second-order valence-corrected chi connectivity index (χ2v) is 51.2. The molecule has 0 spiro atoms. The fourth-order valence-corrected chi connectivity index (χ4v) is 67.2. The minimum absolute atomic E-state index is 0.0926. The molecule has 4 heterocycles. The third-order valence-corrected chi connectivity index (χ3v) is 55.4. The van der Waals surface area contributed by atoms with Crippen LogP contribution in [0, 0.1) is 0 Å². The van der Waals surface area contributed by atoms with Gasteiger partial charge in [0.1, 0.15) is 0 Å². The van der Waals surface area contributed by atoms with Crippen LogP contribution in [0.3, 0.4) is 0 Å². The molecule has 7 aliphatic carbocycles. The zero-order valence-corrected chi connectivity index (χ0v) is 48.3. The first-order valence-corrected chi connectivity index (χ1v) is 43.7. The molecule has 11 rings (SSSR count). The summed E-state index contributed by atoms with van der Waals surface area (Å²) in [6.45, 7) is 7.07. The van der Waals surface area contributed by atoms with Crippen molar-refractivity contribution in [3.05, 3.63) is 0 Å². The number of rotatable bonds is 9. The summed E-state index contributed by atoms with van der Waals surface area (Å²) in [4.78, 5) is 0. The average molecular weight is 1030 g/mol. The second kappa shape index (κ2) is 19.0. The highest BCUT2D eigenvalue weighted by Crippen LogP contribution is 2.65. The lowest BCUT2D eigenvalue weighted by Gasteiger charge is -2.67. The Labute approximate surface area is 396 Å². The van der Waals surface area contributed by atoms with E-state index in [0.29, 0.717) is 0 Å². The molecular formula is C45H86O11Si8. The summed E-state index contributed by atoms with van der Waals surface area (Å²) in [5, 5.41) is 0. The van der Waals surface area contributed by atoms with Gasteiger partial charge in [-0.05, 0) is 110 Å². The average Bonchev–Trinajstić information content (AvgIpc) is 3.32. The lowest BCUT2D eigenvalue weighted by Crippen LogP contribution is -2.90. The van der Waals surface area contributed by atoms with Gasteiger partial charge in [0.25, 0.3) is 0 Å². The molecule has 0 aromatic carbocycles. The van der Waals surface area contributed by atoms with E-state index >= 15 is 0 Å². The summed E-state index contributed by atoms with van der Waals surface area (Å²) in [5.41, 5.74) is 0.876. The van der Waals surface area contributed by atoms with Crippen LogP contribution in [0.2, 0.25) is 58.4 Å². The fraction of sp³-hybridized carbons (Fsp3) is 1.00. The molecule has 0 N–H and O–H groups in total. The molecule has 0 aromatic heterocycles. The molecule has 64 heavy (non-hydrogen) atoms. The Morgan fingerprint density at radius 1 is 0.250 bits per heavy atom. The van der Waals surface area contributed by atoms with Gasteiger partial charge in [-0.15, -0.1) is 0 Å². The molecule has 0 amide bonds. The molecule has 19 heteroatoms. The molecule has 11 fully saturated rings. The van der Waals surface area contributed by atoms with Crippen molar-refractivity contribution in [1.82, 2.24) is 0 Å². The van der Waals surface area contributed by atoms with Crippen molar-refractivity contribution in [3.8, 4) is 0 Å². The topological polar surface area (TPSA) is 102 Å². The first-order chi connectivity index (χ1) is 31.0. The van der Waals surface area contributed by atoms with E-state index in [4.69, 9.17) is 45.3 Å². The van der Waals surface area contributed by atoms with Crippen LogP contribution in [-0.4, -0.2) is 69.9 Å².